The Bertz CT molecular complexity index is 1370. The van der Waals surface area contributed by atoms with Crippen LogP contribution in [0.3, 0.4) is 0 Å². The number of aromatic carboxylic acids is 1. The van der Waals surface area contributed by atoms with Crippen LogP contribution < -0.4 is 10.2 Å². The number of nitrogens with zero attached hydrogens (tertiary/aromatic N) is 2. The van der Waals surface area contributed by atoms with Gasteiger partial charge in [-0.3, -0.25) is 4.98 Å². The molecule has 1 fully saturated rings. The van der Waals surface area contributed by atoms with Crippen molar-refractivity contribution >= 4 is 29.0 Å². The number of furan rings is 1. The highest BCUT2D eigenvalue weighted by atomic mass is 32.1. The Morgan fingerprint density at radius 2 is 1.85 bits per heavy atom. The fourth-order valence-electron chi connectivity index (χ4n) is 4.36. The zero-order valence-corrected chi connectivity index (χ0v) is 19.5. The number of carbonyl (C=O) groups is 1. The van der Waals surface area contributed by atoms with E-state index in [4.69, 9.17) is 16.6 Å². The molecule has 2 atom stereocenters. The minimum atomic E-state index is -0.952. The Balaban J connectivity index is 1.58. The van der Waals surface area contributed by atoms with Gasteiger partial charge in [-0.1, -0.05) is 29.8 Å². The molecule has 34 heavy (non-hydrogen) atoms. The molecule has 5 rings (SSSR count). The average Bonchev–Trinajstić information content (AvgIpc) is 3.44. The van der Waals surface area contributed by atoms with Crippen LogP contribution in [0.15, 0.2) is 83.4 Å². The van der Waals surface area contributed by atoms with Gasteiger partial charge in [0.25, 0.3) is 0 Å². The largest absolute Gasteiger partial charge is 0.478 e. The summed E-state index contributed by atoms with van der Waals surface area (Å²) in [6.07, 6.45) is 1.77. The second-order valence-corrected chi connectivity index (χ2v) is 8.76. The van der Waals surface area contributed by atoms with Gasteiger partial charge in [0.1, 0.15) is 17.6 Å². The molecule has 0 bridgehead atoms. The Morgan fingerprint density at radius 3 is 2.53 bits per heavy atom. The second kappa shape index (κ2) is 8.76. The Labute approximate surface area is 202 Å². The number of benzene rings is 2. The first-order valence-electron chi connectivity index (χ1n) is 10.9. The van der Waals surface area contributed by atoms with Crippen molar-refractivity contribution in [3.63, 3.8) is 0 Å². The first-order valence-corrected chi connectivity index (χ1v) is 11.3. The van der Waals surface area contributed by atoms with Crippen LogP contribution in [-0.2, 0) is 0 Å². The fraction of sp³-hybridized carbons (Fsp3) is 0.148. The quantitative estimate of drug-likeness (QED) is 0.356. The Morgan fingerprint density at radius 1 is 1.06 bits per heavy atom. The van der Waals surface area contributed by atoms with E-state index in [0.717, 1.165) is 28.3 Å². The molecule has 0 saturated carbocycles. The lowest BCUT2D eigenvalue weighted by Gasteiger charge is -2.26. The number of aryl methyl sites for hydroxylation is 2. The van der Waals surface area contributed by atoms with E-state index in [1.165, 1.54) is 5.56 Å². The van der Waals surface area contributed by atoms with E-state index >= 15 is 0 Å². The summed E-state index contributed by atoms with van der Waals surface area (Å²) in [5, 5.41) is 13.3. The minimum absolute atomic E-state index is 0.204. The van der Waals surface area contributed by atoms with E-state index in [-0.39, 0.29) is 17.6 Å². The molecule has 1 saturated heterocycles. The molecule has 1 aliphatic heterocycles. The van der Waals surface area contributed by atoms with Gasteiger partial charge in [0.05, 0.1) is 17.3 Å². The van der Waals surface area contributed by atoms with Gasteiger partial charge in [0.2, 0.25) is 0 Å². The molecule has 0 radical (unpaired) electrons. The van der Waals surface area contributed by atoms with E-state index in [9.17, 15) is 9.90 Å². The highest BCUT2D eigenvalue weighted by Crippen LogP contribution is 2.43. The zero-order valence-electron chi connectivity index (χ0n) is 18.7. The smallest absolute Gasteiger partial charge is 0.335 e. The van der Waals surface area contributed by atoms with Gasteiger partial charge in [-0.2, -0.15) is 0 Å². The normalized spacial score (nSPS) is 17.6. The lowest BCUT2D eigenvalue weighted by Crippen LogP contribution is -2.29. The van der Waals surface area contributed by atoms with E-state index in [2.05, 4.69) is 46.4 Å². The second-order valence-electron chi connectivity index (χ2n) is 8.37. The van der Waals surface area contributed by atoms with E-state index in [0.29, 0.717) is 10.9 Å². The molecule has 0 amide bonds. The highest BCUT2D eigenvalue weighted by Gasteiger charge is 2.42. The van der Waals surface area contributed by atoms with Crippen LogP contribution in [0.25, 0.3) is 11.3 Å². The molecule has 0 aliphatic carbocycles. The summed E-state index contributed by atoms with van der Waals surface area (Å²) in [6, 6.07) is 22.5. The molecule has 7 heteroatoms. The summed E-state index contributed by atoms with van der Waals surface area (Å²) in [4.78, 5) is 18.0. The van der Waals surface area contributed by atoms with E-state index < -0.39 is 5.97 Å². The third kappa shape index (κ3) is 3.95. The lowest BCUT2D eigenvalue weighted by molar-refractivity contribution is 0.0697. The van der Waals surface area contributed by atoms with Crippen LogP contribution >= 0.6 is 12.2 Å². The summed E-state index contributed by atoms with van der Waals surface area (Å²) in [5.41, 5.74) is 4.92. The fourth-order valence-corrected chi connectivity index (χ4v) is 4.70. The van der Waals surface area contributed by atoms with Crippen LogP contribution in [0.1, 0.15) is 45.0 Å². The number of carboxylic acid groups (broad SMARTS) is 1. The minimum Gasteiger partial charge on any atom is -0.478 e. The first kappa shape index (κ1) is 21.9. The van der Waals surface area contributed by atoms with Gasteiger partial charge in [0, 0.05) is 17.4 Å². The topological polar surface area (TPSA) is 78.6 Å². The van der Waals surface area contributed by atoms with E-state index in [1.54, 1.807) is 24.4 Å². The lowest BCUT2D eigenvalue weighted by atomic mass is 10.0. The monoisotopic (exact) mass is 469 g/mol. The SMILES string of the molecule is Cc1ccc(N2C(=S)NC(c3ccccn3)C2c2ccc(-c3ccc(C(=O)O)cc3C)o2)cc1. The first-order chi connectivity index (χ1) is 16.4. The number of carboxylic acids is 1. The molecule has 0 spiro atoms. The third-order valence-electron chi connectivity index (χ3n) is 6.07. The molecular formula is C27H23N3O3S. The van der Waals surface area contributed by atoms with Gasteiger partial charge >= 0.3 is 5.97 Å². The average molecular weight is 470 g/mol. The number of hydrogen-bond donors (Lipinski definition) is 2. The van der Waals surface area contributed by atoms with Crippen LogP contribution in [0, 0.1) is 13.8 Å². The molecule has 1 aliphatic rings. The highest BCUT2D eigenvalue weighted by molar-refractivity contribution is 7.80. The Hall–Kier alpha value is -3.97. The third-order valence-corrected chi connectivity index (χ3v) is 6.38. The number of thiocarbonyl (C=S) groups is 1. The van der Waals surface area contributed by atoms with Crippen molar-refractivity contribution in [3.05, 3.63) is 107 Å². The molecule has 2 N–H and O–H groups in total. The van der Waals surface area contributed by atoms with Gasteiger partial charge < -0.3 is 19.7 Å². The van der Waals surface area contributed by atoms with Crippen LogP contribution in [0.2, 0.25) is 0 Å². The maximum absolute atomic E-state index is 11.3. The summed E-state index contributed by atoms with van der Waals surface area (Å²) in [6.45, 7) is 3.93. The number of nitrogens with one attached hydrogen (secondary N) is 1. The zero-order chi connectivity index (χ0) is 23.8. The predicted octanol–water partition coefficient (Wildman–Crippen LogP) is 5.83. The number of rotatable bonds is 5. The predicted molar refractivity (Wildman–Crippen MR) is 135 cm³/mol. The maximum Gasteiger partial charge on any atom is 0.335 e. The van der Waals surface area contributed by atoms with Crippen LogP contribution in [0.4, 0.5) is 5.69 Å². The van der Waals surface area contributed by atoms with Crippen molar-refractivity contribution in [2.24, 2.45) is 0 Å². The van der Waals surface area contributed by atoms with Crippen molar-refractivity contribution in [2.45, 2.75) is 25.9 Å². The summed E-state index contributed by atoms with van der Waals surface area (Å²) in [5.74, 6) is 0.457. The molecule has 2 aromatic heterocycles. The summed E-state index contributed by atoms with van der Waals surface area (Å²) in [7, 11) is 0. The molecule has 3 heterocycles. The van der Waals surface area contributed by atoms with Crippen LogP contribution in [-0.4, -0.2) is 21.2 Å². The number of pyridine rings is 1. The number of anilines is 1. The number of hydrogen-bond acceptors (Lipinski definition) is 4. The van der Waals surface area contributed by atoms with Gasteiger partial charge in [-0.25, -0.2) is 4.79 Å². The molecule has 6 nitrogen and oxygen atoms in total. The van der Waals surface area contributed by atoms with Gasteiger partial charge in [-0.05, 0) is 80.2 Å². The standard InChI is InChI=1S/C27H23N3O3S/c1-16-6-9-19(10-7-16)30-25(24(29-27(30)34)21-5-3-4-14-28-21)23-13-12-22(33-23)20-11-8-18(26(31)32)15-17(20)2/h3-15,24-25H,1-2H3,(H,29,34)(H,31,32). The Kier molecular flexibility index (Phi) is 5.63. The molecular weight excluding hydrogens is 446 g/mol. The molecule has 4 aromatic rings. The van der Waals surface area contributed by atoms with Crippen LogP contribution in [0.5, 0.6) is 0 Å². The summed E-state index contributed by atoms with van der Waals surface area (Å²) < 4.78 is 6.39. The van der Waals surface area contributed by atoms with Crippen molar-refractivity contribution in [3.8, 4) is 11.3 Å². The maximum atomic E-state index is 11.3. The van der Waals surface area contributed by atoms with Gasteiger partial charge in [-0.15, -0.1) is 0 Å². The summed E-state index contributed by atoms with van der Waals surface area (Å²) >= 11 is 5.76. The van der Waals surface area contributed by atoms with Crippen molar-refractivity contribution in [1.82, 2.24) is 10.3 Å². The number of aromatic nitrogens is 1. The van der Waals surface area contributed by atoms with Crippen molar-refractivity contribution in [2.75, 3.05) is 4.90 Å². The van der Waals surface area contributed by atoms with E-state index in [1.807, 2.05) is 37.3 Å². The molecule has 170 valence electrons. The van der Waals surface area contributed by atoms with Gasteiger partial charge in [0.15, 0.2) is 5.11 Å². The molecule has 2 unspecified atom stereocenters. The molecule has 2 aromatic carbocycles. The van der Waals surface area contributed by atoms with Crippen molar-refractivity contribution < 1.29 is 14.3 Å². The van der Waals surface area contributed by atoms with Crippen molar-refractivity contribution in [1.29, 1.82) is 0 Å².